The van der Waals surface area contributed by atoms with Gasteiger partial charge in [0.1, 0.15) is 5.75 Å². The number of allylic oxidation sites excluding steroid dienone is 4. The normalized spacial score (nSPS) is 13.8. The van der Waals surface area contributed by atoms with Crippen LogP contribution in [0.4, 0.5) is 0 Å². The maximum absolute atomic E-state index is 11.2. The molecular weight excluding hydrogens is 316 g/mol. The van der Waals surface area contributed by atoms with E-state index in [1.807, 2.05) is 12.2 Å². The summed E-state index contributed by atoms with van der Waals surface area (Å²) < 4.78 is 0. The van der Waals surface area contributed by atoms with Crippen molar-refractivity contribution in [1.29, 1.82) is 0 Å². The number of hydrogen-bond donors (Lipinski definition) is 4. The lowest BCUT2D eigenvalue weighted by Gasteiger charge is -2.17. The Kier molecular flexibility index (Phi) is 9.09. The molecule has 0 fully saturated rings. The maximum atomic E-state index is 11.2. The summed E-state index contributed by atoms with van der Waals surface area (Å²) in [5.41, 5.74) is 5.74. The number of phenols is 1. The Morgan fingerprint density at radius 2 is 2.20 bits per heavy atom. The molecule has 0 aliphatic heterocycles. The van der Waals surface area contributed by atoms with Crippen LogP contribution in [-0.2, 0) is 0 Å². The fourth-order valence-corrected chi connectivity index (χ4v) is 2.32. The predicted octanol–water partition coefficient (Wildman–Crippen LogP) is 2.42. The molecule has 0 saturated heterocycles. The zero-order valence-corrected chi connectivity index (χ0v) is 14.5. The van der Waals surface area contributed by atoms with Crippen molar-refractivity contribution < 1.29 is 15.0 Å². The van der Waals surface area contributed by atoms with Crippen LogP contribution in [0.2, 0.25) is 0 Å². The summed E-state index contributed by atoms with van der Waals surface area (Å²) in [5.74, 6) is 1.52. The molecule has 0 radical (unpaired) electrons. The number of carbonyl (C=O) groups is 1. The zero-order chi connectivity index (χ0) is 18.7. The topological polar surface area (TPSA) is 95.6 Å². The van der Waals surface area contributed by atoms with E-state index in [1.165, 1.54) is 12.1 Å². The van der Waals surface area contributed by atoms with Crippen molar-refractivity contribution in [2.24, 2.45) is 5.73 Å². The van der Waals surface area contributed by atoms with E-state index in [1.54, 1.807) is 12.1 Å². The van der Waals surface area contributed by atoms with E-state index in [0.29, 0.717) is 12.1 Å². The van der Waals surface area contributed by atoms with Crippen molar-refractivity contribution in [3.8, 4) is 18.1 Å². The summed E-state index contributed by atoms with van der Waals surface area (Å²) in [5, 5.41) is 23.1. The van der Waals surface area contributed by atoms with Gasteiger partial charge in [-0.25, -0.2) is 0 Å². The molecule has 1 aromatic rings. The number of nitrogens with one attached hydrogen (secondary N) is 1. The third kappa shape index (κ3) is 7.71. The van der Waals surface area contributed by atoms with Crippen molar-refractivity contribution in [3.63, 3.8) is 0 Å². The minimum absolute atomic E-state index is 0.00951. The Hall–Kier alpha value is -2.55. The van der Waals surface area contributed by atoms with Crippen molar-refractivity contribution >= 4 is 5.91 Å². The Morgan fingerprint density at radius 3 is 2.88 bits per heavy atom. The highest BCUT2D eigenvalue weighted by Gasteiger charge is 2.14. The van der Waals surface area contributed by atoms with Crippen LogP contribution in [0.5, 0.6) is 5.75 Å². The number of aliphatic hydroxyl groups is 1. The molecule has 5 nitrogen and oxygen atoms in total. The van der Waals surface area contributed by atoms with Gasteiger partial charge in [-0.05, 0) is 50.0 Å². The molecule has 0 aromatic heterocycles. The molecule has 25 heavy (non-hydrogen) atoms. The average Bonchev–Trinajstić information content (AvgIpc) is 2.59. The number of terminal acetylenes is 1. The van der Waals surface area contributed by atoms with Crippen molar-refractivity contribution in [3.05, 3.63) is 53.6 Å². The highest BCUT2D eigenvalue weighted by Crippen LogP contribution is 2.22. The highest BCUT2D eigenvalue weighted by molar-refractivity contribution is 5.95. The molecular formula is C20H26N2O3. The number of nitrogens with two attached hydrogens (primary N) is 1. The second kappa shape index (κ2) is 11.1. The van der Waals surface area contributed by atoms with Gasteiger partial charge in [-0.15, -0.1) is 6.42 Å². The Bertz CT molecular complexity index is 659. The van der Waals surface area contributed by atoms with Gasteiger partial charge < -0.3 is 21.3 Å². The van der Waals surface area contributed by atoms with Gasteiger partial charge in [0.2, 0.25) is 0 Å². The average molecular weight is 342 g/mol. The fraction of sp³-hybridized carbons (Fsp3) is 0.350. The van der Waals surface area contributed by atoms with Crippen molar-refractivity contribution in [1.82, 2.24) is 5.32 Å². The highest BCUT2D eigenvalue weighted by atomic mass is 16.3. The van der Waals surface area contributed by atoms with Gasteiger partial charge in [0.25, 0.3) is 5.91 Å². The second-order valence-electron chi connectivity index (χ2n) is 5.85. The van der Waals surface area contributed by atoms with Crippen LogP contribution in [0.15, 0.2) is 42.5 Å². The van der Waals surface area contributed by atoms with Crippen LogP contribution in [0.1, 0.15) is 48.2 Å². The van der Waals surface area contributed by atoms with Crippen LogP contribution >= 0.6 is 0 Å². The molecule has 2 unspecified atom stereocenters. The molecule has 0 bridgehead atoms. The quantitative estimate of drug-likeness (QED) is 0.298. The Labute approximate surface area is 149 Å². The van der Waals surface area contributed by atoms with Crippen LogP contribution in [0.3, 0.4) is 0 Å². The molecule has 0 heterocycles. The lowest BCUT2D eigenvalue weighted by Crippen LogP contribution is -2.30. The fourth-order valence-electron chi connectivity index (χ4n) is 2.32. The van der Waals surface area contributed by atoms with E-state index >= 15 is 0 Å². The lowest BCUT2D eigenvalue weighted by atomic mass is 10.0. The molecule has 1 amide bonds. The predicted molar refractivity (Wildman–Crippen MR) is 100 cm³/mol. The van der Waals surface area contributed by atoms with Gasteiger partial charge in [-0.1, -0.05) is 30.2 Å². The molecule has 0 aliphatic carbocycles. The first-order chi connectivity index (χ1) is 12.0. The summed E-state index contributed by atoms with van der Waals surface area (Å²) in [6.45, 7) is 2.41. The first-order valence-electron chi connectivity index (χ1n) is 8.27. The Morgan fingerprint density at radius 1 is 1.44 bits per heavy atom. The second-order valence-corrected chi connectivity index (χ2v) is 5.85. The first kappa shape index (κ1) is 20.5. The number of amides is 1. The number of unbranched alkanes of at least 4 members (excludes halogenated alkanes) is 1. The molecule has 1 rings (SSSR count). The number of primary amides is 1. The van der Waals surface area contributed by atoms with Gasteiger partial charge in [0.15, 0.2) is 0 Å². The van der Waals surface area contributed by atoms with Gasteiger partial charge in [-0.3, -0.25) is 4.79 Å². The molecule has 2 atom stereocenters. The Balaban J connectivity index is 2.38. The van der Waals surface area contributed by atoms with Gasteiger partial charge in [-0.2, -0.15) is 0 Å². The van der Waals surface area contributed by atoms with Crippen LogP contribution in [-0.4, -0.2) is 28.7 Å². The van der Waals surface area contributed by atoms with Crippen LogP contribution in [0, 0.1) is 12.3 Å². The molecule has 1 aromatic carbocycles. The molecule has 5 N–H and O–H groups in total. The molecule has 5 heteroatoms. The standard InChI is InChI=1S/C20H26N2O3/c1-3-4-5-6-7-8-9-10-15(2)22-14-19(24)16-11-12-18(23)17(13-16)20(21)25/h1,4-7,11-13,15,19,22-24H,8-10,14H2,2H3,(H2,21,25)/b5-4-,7-6-. The minimum atomic E-state index is -0.782. The summed E-state index contributed by atoms with van der Waals surface area (Å²) >= 11 is 0. The van der Waals surface area contributed by atoms with E-state index in [9.17, 15) is 15.0 Å². The van der Waals surface area contributed by atoms with Gasteiger partial charge in [0, 0.05) is 12.6 Å². The largest absolute Gasteiger partial charge is 0.507 e. The number of aromatic hydroxyl groups is 1. The zero-order valence-electron chi connectivity index (χ0n) is 14.5. The van der Waals surface area contributed by atoms with Gasteiger partial charge in [0.05, 0.1) is 11.7 Å². The van der Waals surface area contributed by atoms with Crippen LogP contribution in [0.25, 0.3) is 0 Å². The number of carbonyl (C=O) groups excluding carboxylic acids is 1. The molecule has 0 aliphatic rings. The van der Waals surface area contributed by atoms with E-state index in [-0.39, 0.29) is 17.4 Å². The molecule has 0 spiro atoms. The SMILES string of the molecule is C#C/C=C\C=C/CCCC(C)NCC(O)c1ccc(O)c(C(N)=O)c1. The monoisotopic (exact) mass is 342 g/mol. The van der Waals surface area contributed by atoms with E-state index in [0.717, 1.165) is 19.3 Å². The van der Waals surface area contributed by atoms with E-state index in [4.69, 9.17) is 12.2 Å². The number of hydrogen-bond acceptors (Lipinski definition) is 4. The smallest absolute Gasteiger partial charge is 0.252 e. The molecule has 0 saturated carbocycles. The van der Waals surface area contributed by atoms with Gasteiger partial charge >= 0.3 is 0 Å². The number of aliphatic hydroxyl groups excluding tert-OH is 1. The summed E-state index contributed by atoms with van der Waals surface area (Å²) in [7, 11) is 0. The third-order valence-corrected chi connectivity index (χ3v) is 3.78. The minimum Gasteiger partial charge on any atom is -0.507 e. The summed E-state index contributed by atoms with van der Waals surface area (Å²) in [4.78, 5) is 11.2. The molecule has 134 valence electrons. The summed E-state index contributed by atoms with van der Waals surface area (Å²) in [6.07, 6.45) is 14.8. The van der Waals surface area contributed by atoms with E-state index in [2.05, 4.69) is 24.2 Å². The van der Waals surface area contributed by atoms with Crippen LogP contribution < -0.4 is 11.1 Å². The third-order valence-electron chi connectivity index (χ3n) is 3.78. The lowest BCUT2D eigenvalue weighted by molar-refractivity contribution is 0.0997. The van der Waals surface area contributed by atoms with Crippen molar-refractivity contribution in [2.75, 3.05) is 6.54 Å². The summed E-state index contributed by atoms with van der Waals surface area (Å²) in [6, 6.07) is 4.61. The first-order valence-corrected chi connectivity index (χ1v) is 8.27. The van der Waals surface area contributed by atoms with E-state index < -0.39 is 12.0 Å². The number of rotatable bonds is 10. The maximum Gasteiger partial charge on any atom is 0.252 e. The van der Waals surface area contributed by atoms with Crippen molar-refractivity contribution in [2.45, 2.75) is 38.3 Å². The number of benzene rings is 1.